The molecule has 7 nitrogen and oxygen atoms in total. The molecular formula is C13H26N4O3S. The minimum absolute atomic E-state index is 0.0587. The van der Waals surface area contributed by atoms with Crippen molar-refractivity contribution in [3.05, 3.63) is 11.4 Å². The Morgan fingerprint density at radius 2 is 1.95 bits per heavy atom. The van der Waals surface area contributed by atoms with Crippen molar-refractivity contribution in [1.82, 2.24) is 19.4 Å². The van der Waals surface area contributed by atoms with Crippen molar-refractivity contribution in [2.24, 2.45) is 0 Å². The van der Waals surface area contributed by atoms with Gasteiger partial charge in [0.1, 0.15) is 4.90 Å². The minimum Gasteiger partial charge on any atom is -0.396 e. The maximum Gasteiger partial charge on any atom is 0.244 e. The molecule has 8 heteroatoms. The predicted octanol–water partition coefficient (Wildman–Crippen LogP) is 0.112. The van der Waals surface area contributed by atoms with Crippen LogP contribution in [0.25, 0.3) is 0 Å². The van der Waals surface area contributed by atoms with E-state index in [4.69, 9.17) is 5.11 Å². The molecule has 0 aliphatic rings. The van der Waals surface area contributed by atoms with Gasteiger partial charge >= 0.3 is 0 Å². The number of aliphatic hydroxyl groups is 1. The van der Waals surface area contributed by atoms with Gasteiger partial charge in [-0.25, -0.2) is 13.1 Å². The Bertz CT molecular complexity index is 552. The van der Waals surface area contributed by atoms with Crippen molar-refractivity contribution in [1.29, 1.82) is 0 Å². The highest BCUT2D eigenvalue weighted by atomic mass is 32.2. The topological polar surface area (TPSA) is 87.5 Å². The first-order valence-electron chi connectivity index (χ1n) is 7.09. The summed E-state index contributed by atoms with van der Waals surface area (Å²) in [5.74, 6) is 0. The molecule has 21 heavy (non-hydrogen) atoms. The van der Waals surface area contributed by atoms with Gasteiger partial charge in [0.25, 0.3) is 0 Å². The number of hydrogen-bond donors (Lipinski definition) is 2. The molecule has 0 atom stereocenters. The summed E-state index contributed by atoms with van der Waals surface area (Å²) in [5.41, 5.74) is 1.10. The van der Waals surface area contributed by atoms with Crippen molar-refractivity contribution in [3.8, 4) is 0 Å². The van der Waals surface area contributed by atoms with E-state index >= 15 is 0 Å². The monoisotopic (exact) mass is 318 g/mol. The average Bonchev–Trinajstić information content (AvgIpc) is 2.67. The van der Waals surface area contributed by atoms with E-state index in [2.05, 4.69) is 9.82 Å². The van der Waals surface area contributed by atoms with E-state index < -0.39 is 10.0 Å². The molecule has 0 aromatic carbocycles. The zero-order chi connectivity index (χ0) is 16.0. The lowest BCUT2D eigenvalue weighted by molar-refractivity contribution is 0.276. The number of hydrogen-bond acceptors (Lipinski definition) is 5. The van der Waals surface area contributed by atoms with Gasteiger partial charge in [0.2, 0.25) is 10.0 Å². The van der Waals surface area contributed by atoms with Crippen molar-refractivity contribution in [3.63, 3.8) is 0 Å². The third-order valence-corrected chi connectivity index (χ3v) is 4.90. The molecular weight excluding hydrogens is 292 g/mol. The molecule has 122 valence electrons. The first-order valence-corrected chi connectivity index (χ1v) is 8.57. The van der Waals surface area contributed by atoms with E-state index in [-0.39, 0.29) is 11.5 Å². The SMILES string of the molecule is Cc1nn(CCCO)c(C)c1S(=O)(=O)NCCCN(C)C. The number of nitrogens with zero attached hydrogens (tertiary/aromatic N) is 3. The number of aromatic nitrogens is 2. The largest absolute Gasteiger partial charge is 0.396 e. The van der Waals surface area contributed by atoms with Crippen molar-refractivity contribution >= 4 is 10.0 Å². The summed E-state index contributed by atoms with van der Waals surface area (Å²) in [6, 6.07) is 0. The van der Waals surface area contributed by atoms with Gasteiger partial charge in [-0.1, -0.05) is 0 Å². The predicted molar refractivity (Wildman–Crippen MR) is 81.8 cm³/mol. The molecule has 1 aromatic heterocycles. The lowest BCUT2D eigenvalue weighted by atomic mass is 10.4. The normalized spacial score (nSPS) is 12.3. The number of sulfonamides is 1. The lowest BCUT2D eigenvalue weighted by Gasteiger charge is -2.10. The molecule has 2 N–H and O–H groups in total. The van der Waals surface area contributed by atoms with Crippen LogP contribution in [0.2, 0.25) is 0 Å². The Morgan fingerprint density at radius 1 is 1.29 bits per heavy atom. The summed E-state index contributed by atoms with van der Waals surface area (Å²) in [6.07, 6.45) is 1.31. The van der Waals surface area contributed by atoms with Crippen molar-refractivity contribution in [2.75, 3.05) is 33.8 Å². The smallest absolute Gasteiger partial charge is 0.244 e. The molecule has 0 saturated heterocycles. The summed E-state index contributed by atoms with van der Waals surface area (Å²) >= 11 is 0. The molecule has 0 spiro atoms. The molecule has 0 bridgehead atoms. The van der Waals surface area contributed by atoms with Crippen LogP contribution >= 0.6 is 0 Å². The number of aliphatic hydroxyl groups excluding tert-OH is 1. The van der Waals surface area contributed by atoms with E-state index in [0.717, 1.165) is 13.0 Å². The number of aryl methyl sites for hydroxylation is 2. The third-order valence-electron chi connectivity index (χ3n) is 3.19. The van der Waals surface area contributed by atoms with Gasteiger partial charge in [-0.15, -0.1) is 0 Å². The maximum absolute atomic E-state index is 12.4. The van der Waals surface area contributed by atoms with E-state index in [1.54, 1.807) is 18.5 Å². The van der Waals surface area contributed by atoms with Crippen LogP contribution in [0, 0.1) is 13.8 Å². The Morgan fingerprint density at radius 3 is 2.52 bits per heavy atom. The van der Waals surface area contributed by atoms with Crippen LogP contribution in [0.3, 0.4) is 0 Å². The maximum atomic E-state index is 12.4. The zero-order valence-corrected chi connectivity index (χ0v) is 14.1. The minimum atomic E-state index is -3.54. The van der Waals surface area contributed by atoms with Gasteiger partial charge < -0.3 is 10.0 Å². The van der Waals surface area contributed by atoms with E-state index in [9.17, 15) is 8.42 Å². The number of nitrogens with one attached hydrogen (secondary N) is 1. The molecule has 1 aromatic rings. The Kier molecular flexibility index (Phi) is 6.79. The van der Waals surface area contributed by atoms with Crippen LogP contribution in [0.15, 0.2) is 4.90 Å². The Hall–Kier alpha value is -0.960. The van der Waals surface area contributed by atoms with Gasteiger partial charge in [-0.3, -0.25) is 4.68 Å². The van der Waals surface area contributed by atoms with Gasteiger partial charge in [0.15, 0.2) is 0 Å². The third kappa shape index (κ3) is 5.06. The van der Waals surface area contributed by atoms with Gasteiger partial charge in [0, 0.05) is 19.7 Å². The highest BCUT2D eigenvalue weighted by molar-refractivity contribution is 7.89. The molecule has 0 fully saturated rings. The highest BCUT2D eigenvalue weighted by Crippen LogP contribution is 2.19. The summed E-state index contributed by atoms with van der Waals surface area (Å²) < 4.78 is 29.0. The molecule has 0 radical (unpaired) electrons. The summed E-state index contributed by atoms with van der Waals surface area (Å²) in [7, 11) is 0.367. The fourth-order valence-electron chi connectivity index (χ4n) is 2.18. The second-order valence-electron chi connectivity index (χ2n) is 5.35. The second kappa shape index (κ2) is 7.88. The van der Waals surface area contributed by atoms with Crippen molar-refractivity contribution < 1.29 is 13.5 Å². The fraction of sp³-hybridized carbons (Fsp3) is 0.769. The van der Waals surface area contributed by atoms with Crippen LogP contribution in [-0.2, 0) is 16.6 Å². The van der Waals surface area contributed by atoms with E-state index in [1.807, 2.05) is 19.0 Å². The summed E-state index contributed by atoms with van der Waals surface area (Å²) in [6.45, 7) is 5.24. The molecule has 1 heterocycles. The molecule has 0 unspecified atom stereocenters. The quantitative estimate of drug-likeness (QED) is 0.631. The average molecular weight is 318 g/mol. The number of rotatable bonds is 9. The van der Waals surface area contributed by atoms with Crippen LogP contribution < -0.4 is 4.72 Å². The molecule has 0 aliphatic carbocycles. The molecule has 0 saturated carbocycles. The standard InChI is InChI=1S/C13H26N4O3S/c1-11-13(12(2)17(15-11)9-6-10-18)21(19,20)14-7-5-8-16(3)4/h14,18H,5-10H2,1-4H3. The van der Waals surface area contributed by atoms with Gasteiger partial charge in [0.05, 0.1) is 11.4 Å². The van der Waals surface area contributed by atoms with Gasteiger partial charge in [-0.2, -0.15) is 5.10 Å². The molecule has 0 aliphatic heterocycles. The fourth-order valence-corrected chi connectivity index (χ4v) is 3.66. The molecule has 0 amide bonds. The summed E-state index contributed by atoms with van der Waals surface area (Å²) in [5, 5.41) is 13.1. The Labute approximate surface area is 127 Å². The van der Waals surface area contributed by atoms with E-state index in [1.165, 1.54) is 0 Å². The molecule has 1 rings (SSSR count). The summed E-state index contributed by atoms with van der Waals surface area (Å²) in [4.78, 5) is 2.27. The first kappa shape index (κ1) is 18.1. The highest BCUT2D eigenvalue weighted by Gasteiger charge is 2.23. The first-order chi connectivity index (χ1) is 9.79. The van der Waals surface area contributed by atoms with E-state index in [0.29, 0.717) is 30.9 Å². The zero-order valence-electron chi connectivity index (χ0n) is 13.3. The second-order valence-corrected chi connectivity index (χ2v) is 7.06. The van der Waals surface area contributed by atoms with Crippen LogP contribution in [-0.4, -0.2) is 62.0 Å². The van der Waals surface area contributed by atoms with Crippen LogP contribution in [0.1, 0.15) is 24.2 Å². The van der Waals surface area contributed by atoms with Crippen LogP contribution in [0.4, 0.5) is 0 Å². The Balaban J connectivity index is 2.80. The van der Waals surface area contributed by atoms with Crippen molar-refractivity contribution in [2.45, 2.75) is 38.1 Å². The lowest BCUT2D eigenvalue weighted by Crippen LogP contribution is -2.28. The van der Waals surface area contributed by atoms with Crippen LogP contribution in [0.5, 0.6) is 0 Å². The van der Waals surface area contributed by atoms with Gasteiger partial charge in [-0.05, 0) is 47.3 Å².